The van der Waals surface area contributed by atoms with E-state index in [4.69, 9.17) is 18.9 Å². The van der Waals surface area contributed by atoms with Gasteiger partial charge in [0, 0.05) is 11.8 Å². The molecule has 186 valence electrons. The largest absolute Gasteiger partial charge is 0.507 e. The van der Waals surface area contributed by atoms with Crippen molar-refractivity contribution in [3.05, 3.63) is 83.2 Å². The molecule has 0 saturated carbocycles. The molecule has 2 aromatic carbocycles. The van der Waals surface area contributed by atoms with Gasteiger partial charge in [0.25, 0.3) is 11.7 Å². The lowest BCUT2D eigenvalue weighted by molar-refractivity contribution is -0.140. The van der Waals surface area contributed by atoms with Crippen molar-refractivity contribution >= 4 is 17.4 Å². The quantitative estimate of drug-likeness (QED) is 0.289. The van der Waals surface area contributed by atoms with E-state index in [0.29, 0.717) is 39.8 Å². The molecule has 1 saturated heterocycles. The van der Waals surface area contributed by atoms with Crippen molar-refractivity contribution in [3.63, 3.8) is 0 Å². The van der Waals surface area contributed by atoms with E-state index in [1.165, 1.54) is 33.3 Å². The van der Waals surface area contributed by atoms with Gasteiger partial charge < -0.3 is 29.0 Å². The maximum atomic E-state index is 13.3. The molecule has 2 heterocycles. The average molecular weight is 491 g/mol. The highest BCUT2D eigenvalue weighted by molar-refractivity contribution is 6.46. The molecule has 1 aliphatic heterocycles. The summed E-state index contributed by atoms with van der Waals surface area (Å²) in [4.78, 5) is 32.3. The lowest BCUT2D eigenvalue weighted by atomic mass is 9.94. The first kappa shape index (κ1) is 24.6. The molecule has 0 aliphatic carbocycles. The molecule has 36 heavy (non-hydrogen) atoms. The van der Waals surface area contributed by atoms with Crippen LogP contribution in [-0.4, -0.2) is 55.1 Å². The third-order valence-corrected chi connectivity index (χ3v) is 5.96. The number of Topliss-reactive ketones (excluding diaryl/α,β-unsaturated/α-hetero) is 1. The molecule has 0 spiro atoms. The van der Waals surface area contributed by atoms with Gasteiger partial charge in [-0.15, -0.1) is 0 Å². The van der Waals surface area contributed by atoms with Crippen LogP contribution in [0.2, 0.25) is 0 Å². The summed E-state index contributed by atoms with van der Waals surface area (Å²) in [6.07, 6.45) is 1.61. The number of nitrogens with zero attached hydrogens (tertiary/aromatic N) is 2. The molecule has 1 N–H and O–H groups in total. The molecule has 0 bridgehead atoms. The first-order valence-corrected chi connectivity index (χ1v) is 11.1. The van der Waals surface area contributed by atoms with Crippen LogP contribution in [0, 0.1) is 0 Å². The van der Waals surface area contributed by atoms with Crippen molar-refractivity contribution in [2.24, 2.45) is 0 Å². The number of aliphatic hydroxyl groups excluding tert-OH is 1. The Morgan fingerprint density at radius 3 is 2.11 bits per heavy atom. The molecule has 1 atom stereocenters. The van der Waals surface area contributed by atoms with E-state index in [9.17, 15) is 14.7 Å². The van der Waals surface area contributed by atoms with Gasteiger partial charge >= 0.3 is 0 Å². The van der Waals surface area contributed by atoms with Crippen LogP contribution in [0.1, 0.15) is 22.9 Å². The van der Waals surface area contributed by atoms with Crippen LogP contribution in [0.25, 0.3) is 5.76 Å². The Balaban J connectivity index is 1.93. The number of aliphatic hydroxyl groups is 1. The Kier molecular flexibility index (Phi) is 7.10. The van der Waals surface area contributed by atoms with Crippen molar-refractivity contribution in [1.29, 1.82) is 0 Å². The molecule has 4 rings (SSSR count). The molecule has 1 unspecified atom stereocenters. The lowest BCUT2D eigenvalue weighted by Gasteiger charge is -2.26. The highest BCUT2D eigenvalue weighted by Gasteiger charge is 2.46. The number of pyridine rings is 1. The van der Waals surface area contributed by atoms with Crippen LogP contribution in [-0.2, 0) is 16.1 Å². The topological polar surface area (TPSA) is 107 Å². The van der Waals surface area contributed by atoms with Crippen molar-refractivity contribution in [3.8, 4) is 23.0 Å². The van der Waals surface area contributed by atoms with Gasteiger partial charge in [0.2, 0.25) is 5.75 Å². The highest BCUT2D eigenvalue weighted by Crippen LogP contribution is 2.46. The number of rotatable bonds is 8. The summed E-state index contributed by atoms with van der Waals surface area (Å²) in [5.74, 6) is -0.228. The van der Waals surface area contributed by atoms with Gasteiger partial charge in [-0.3, -0.25) is 14.6 Å². The second kappa shape index (κ2) is 10.4. The first-order valence-electron chi connectivity index (χ1n) is 11.1. The monoisotopic (exact) mass is 490 g/mol. The number of amides is 1. The standard InChI is InChI=1S/C27H26N2O7/c1-33-19-10-8-16(9-11-19)24(30)22-23(17-13-20(34-2)26(36-4)21(14-17)35-3)29(27(32)25(22)31)15-18-7-5-6-12-28-18/h5-14,23,30H,15H2,1-4H3/b24-22+. The summed E-state index contributed by atoms with van der Waals surface area (Å²) in [6, 6.07) is 14.2. The average Bonchev–Trinajstić information content (AvgIpc) is 3.17. The summed E-state index contributed by atoms with van der Waals surface area (Å²) in [7, 11) is 5.96. The van der Waals surface area contributed by atoms with Crippen LogP contribution in [0.4, 0.5) is 0 Å². The van der Waals surface area contributed by atoms with E-state index in [1.807, 2.05) is 0 Å². The molecule has 1 aromatic heterocycles. The fourth-order valence-electron chi connectivity index (χ4n) is 4.22. The lowest BCUT2D eigenvalue weighted by Crippen LogP contribution is -2.29. The summed E-state index contributed by atoms with van der Waals surface area (Å²) in [6.45, 7) is 0.0478. The zero-order valence-electron chi connectivity index (χ0n) is 20.3. The molecule has 0 radical (unpaired) electrons. The van der Waals surface area contributed by atoms with E-state index in [0.717, 1.165) is 0 Å². The predicted octanol–water partition coefficient (Wildman–Crippen LogP) is 3.74. The number of ether oxygens (including phenoxy) is 4. The van der Waals surface area contributed by atoms with Gasteiger partial charge in [0.05, 0.1) is 52.3 Å². The number of ketones is 1. The summed E-state index contributed by atoms with van der Waals surface area (Å²) in [5.41, 5.74) is 1.38. The Labute approximate surface area is 208 Å². The van der Waals surface area contributed by atoms with Crippen molar-refractivity contribution < 1.29 is 33.6 Å². The van der Waals surface area contributed by atoms with E-state index < -0.39 is 17.7 Å². The highest BCUT2D eigenvalue weighted by atomic mass is 16.5. The Hall–Kier alpha value is -4.53. The normalized spacial score (nSPS) is 16.7. The predicted molar refractivity (Wildman–Crippen MR) is 131 cm³/mol. The second-order valence-electron chi connectivity index (χ2n) is 7.94. The van der Waals surface area contributed by atoms with Gasteiger partial charge in [-0.25, -0.2) is 0 Å². The zero-order valence-corrected chi connectivity index (χ0v) is 20.3. The maximum absolute atomic E-state index is 13.3. The number of hydrogen-bond donors (Lipinski definition) is 1. The van der Waals surface area contributed by atoms with E-state index >= 15 is 0 Å². The van der Waals surface area contributed by atoms with Crippen LogP contribution in [0.5, 0.6) is 23.0 Å². The van der Waals surface area contributed by atoms with Crippen molar-refractivity contribution in [2.75, 3.05) is 28.4 Å². The number of methoxy groups -OCH3 is 4. The number of benzene rings is 2. The molecule has 3 aromatic rings. The smallest absolute Gasteiger partial charge is 0.296 e. The minimum Gasteiger partial charge on any atom is -0.507 e. The molecule has 1 fully saturated rings. The fourth-order valence-corrected chi connectivity index (χ4v) is 4.22. The molecule has 1 aliphatic rings. The van der Waals surface area contributed by atoms with Gasteiger partial charge in [-0.2, -0.15) is 0 Å². The van der Waals surface area contributed by atoms with Crippen molar-refractivity contribution in [2.45, 2.75) is 12.6 Å². The van der Waals surface area contributed by atoms with Crippen LogP contribution < -0.4 is 18.9 Å². The van der Waals surface area contributed by atoms with E-state index in [-0.39, 0.29) is 17.9 Å². The molecule has 9 heteroatoms. The fraction of sp³-hybridized carbons (Fsp3) is 0.222. The van der Waals surface area contributed by atoms with Crippen LogP contribution in [0.15, 0.2) is 66.4 Å². The Bertz CT molecular complexity index is 1280. The molecular formula is C27H26N2O7. The maximum Gasteiger partial charge on any atom is 0.296 e. The first-order chi connectivity index (χ1) is 17.4. The second-order valence-corrected chi connectivity index (χ2v) is 7.94. The third-order valence-electron chi connectivity index (χ3n) is 5.96. The number of carbonyl (C=O) groups is 2. The molecular weight excluding hydrogens is 464 g/mol. The SMILES string of the molecule is COc1ccc(/C(O)=C2\C(=O)C(=O)N(Cc3ccccn3)C2c2cc(OC)c(OC)c(OC)c2)cc1. The van der Waals surface area contributed by atoms with Crippen LogP contribution in [0.3, 0.4) is 0 Å². The number of hydrogen-bond acceptors (Lipinski definition) is 8. The van der Waals surface area contributed by atoms with E-state index in [1.54, 1.807) is 60.8 Å². The molecule has 1 amide bonds. The van der Waals surface area contributed by atoms with E-state index in [2.05, 4.69) is 4.98 Å². The Morgan fingerprint density at radius 2 is 1.58 bits per heavy atom. The number of likely N-dealkylation sites (tertiary alicyclic amines) is 1. The van der Waals surface area contributed by atoms with Gasteiger partial charge in [-0.1, -0.05) is 6.07 Å². The van der Waals surface area contributed by atoms with Crippen molar-refractivity contribution in [1.82, 2.24) is 9.88 Å². The molecule has 9 nitrogen and oxygen atoms in total. The summed E-state index contributed by atoms with van der Waals surface area (Å²) in [5, 5.41) is 11.3. The minimum atomic E-state index is -0.942. The third kappa shape index (κ3) is 4.43. The van der Waals surface area contributed by atoms with Gasteiger partial charge in [0.1, 0.15) is 11.5 Å². The number of carbonyl (C=O) groups excluding carboxylic acids is 2. The minimum absolute atomic E-state index is 0.0478. The van der Waals surface area contributed by atoms with Gasteiger partial charge in [-0.05, 0) is 54.1 Å². The zero-order chi connectivity index (χ0) is 25.8. The summed E-state index contributed by atoms with van der Waals surface area (Å²) < 4.78 is 21.6. The van der Waals surface area contributed by atoms with Crippen LogP contribution >= 0.6 is 0 Å². The summed E-state index contributed by atoms with van der Waals surface area (Å²) >= 11 is 0. The van der Waals surface area contributed by atoms with Gasteiger partial charge in [0.15, 0.2) is 11.5 Å². The Morgan fingerprint density at radius 1 is 0.917 bits per heavy atom. The number of aromatic nitrogens is 1.